The lowest BCUT2D eigenvalue weighted by atomic mass is 9.94. The molecular formula is C32H37N5O6S. The average Bonchev–Trinajstić information content (AvgIpc) is 3.25. The minimum Gasteiger partial charge on any atom is -0.508 e. The number of carbonyl (C=O) groups is 3. The molecule has 2 aliphatic heterocycles. The van der Waals surface area contributed by atoms with Gasteiger partial charge < -0.3 is 35.6 Å². The first-order valence-corrected chi connectivity index (χ1v) is 15.4. The largest absolute Gasteiger partial charge is 0.508 e. The Hall–Kier alpha value is -4.29. The van der Waals surface area contributed by atoms with Crippen LogP contribution in [0.2, 0.25) is 0 Å². The number of amides is 2. The van der Waals surface area contributed by atoms with Crippen molar-refractivity contribution in [3.05, 3.63) is 82.1 Å². The molecule has 2 aromatic carbocycles. The second kappa shape index (κ2) is 12.0. The Balaban J connectivity index is 1.48. The summed E-state index contributed by atoms with van der Waals surface area (Å²) < 4.78 is -0.798. The molecule has 2 amide bonds. The van der Waals surface area contributed by atoms with E-state index in [4.69, 9.17) is 5.73 Å². The molecule has 2 fully saturated rings. The zero-order chi connectivity index (χ0) is 31.9. The lowest BCUT2D eigenvalue weighted by Gasteiger charge is -2.48. The highest BCUT2D eigenvalue weighted by molar-refractivity contribution is 8.01. The number of aromatic nitrogens is 1. The van der Waals surface area contributed by atoms with Crippen LogP contribution in [-0.2, 0) is 20.9 Å². The molecule has 11 nitrogen and oxygen atoms in total. The van der Waals surface area contributed by atoms with Gasteiger partial charge in [0.05, 0.1) is 6.54 Å². The Labute approximate surface area is 259 Å². The molecule has 3 aromatic rings. The molecule has 0 bridgehead atoms. The number of thioether (sulfide) groups is 1. The molecule has 0 radical (unpaired) electrons. The number of benzene rings is 2. The molecule has 12 heteroatoms. The number of phenols is 1. The van der Waals surface area contributed by atoms with Gasteiger partial charge in [-0.1, -0.05) is 24.3 Å². The highest BCUT2D eigenvalue weighted by Crippen LogP contribution is 2.52. The van der Waals surface area contributed by atoms with E-state index in [0.29, 0.717) is 11.3 Å². The number of nitrogens with zero attached hydrogens (tertiary/aromatic N) is 3. The van der Waals surface area contributed by atoms with Crippen LogP contribution in [-0.4, -0.2) is 78.1 Å². The van der Waals surface area contributed by atoms with Gasteiger partial charge in [0.25, 0.3) is 5.56 Å². The number of nitrogens with one attached hydrogen (secondary N) is 1. The molecule has 3 heterocycles. The number of hydrogen-bond donors (Lipinski definition) is 4. The number of carbonyl (C=O) groups excluding carboxylic acids is 2. The molecule has 0 aliphatic carbocycles. The van der Waals surface area contributed by atoms with E-state index in [1.807, 2.05) is 24.3 Å². The van der Waals surface area contributed by atoms with Crippen LogP contribution in [0, 0.1) is 0 Å². The van der Waals surface area contributed by atoms with Gasteiger partial charge in [-0.15, -0.1) is 11.8 Å². The van der Waals surface area contributed by atoms with Gasteiger partial charge in [-0.3, -0.25) is 14.4 Å². The first-order valence-electron chi connectivity index (χ1n) is 14.5. The van der Waals surface area contributed by atoms with E-state index in [-0.39, 0.29) is 17.9 Å². The maximum absolute atomic E-state index is 14.0. The van der Waals surface area contributed by atoms with Crippen molar-refractivity contribution in [1.82, 2.24) is 14.8 Å². The highest BCUT2D eigenvalue weighted by Gasteiger charge is 2.65. The fourth-order valence-corrected chi connectivity index (χ4v) is 7.73. The second-order valence-electron chi connectivity index (χ2n) is 11.5. The fourth-order valence-electron chi connectivity index (χ4n) is 6.04. The SMILES string of the molecule is CCN(CC)c1cccc(-c2ccc(CN(C(=O)C(N)c3ccc(O)cc3)[C@@H]3C(=O)N4[C@@H]3SC(C)(C)[C@@H]4C(=O)O)c(=O)[nH]2)c1. The second-order valence-corrected chi connectivity index (χ2v) is 13.3. The molecule has 5 rings (SSSR count). The molecule has 2 aliphatic rings. The van der Waals surface area contributed by atoms with Crippen LogP contribution in [0.5, 0.6) is 5.75 Å². The number of anilines is 1. The normalized spacial score (nSPS) is 20.9. The van der Waals surface area contributed by atoms with Gasteiger partial charge in [0, 0.05) is 40.3 Å². The summed E-state index contributed by atoms with van der Waals surface area (Å²) in [6.07, 6.45) is 0. The van der Waals surface area contributed by atoms with Gasteiger partial charge in [-0.2, -0.15) is 0 Å². The molecule has 1 aromatic heterocycles. The third kappa shape index (κ3) is 5.55. The van der Waals surface area contributed by atoms with Crippen LogP contribution in [0.4, 0.5) is 5.69 Å². The lowest BCUT2D eigenvalue weighted by Crippen LogP contribution is -2.71. The standard InChI is InChI=1S/C32H37N5O6S/c1-5-35(6-2)21-9-7-8-19(16-21)23-15-12-20(27(39)34-23)17-36(28(40)24(33)18-10-13-22(38)14-11-18)25-29(41)37-26(31(42)43)32(3,4)44-30(25)37/h7-16,24-26,30,38H,5-6,17,33H2,1-4H3,(H,34,39)(H,42,43)/t24?,25-,26+,30-/m1/s1. The number of nitrogens with two attached hydrogens (primary N) is 1. The number of fused-ring (bicyclic) bond motifs is 1. The van der Waals surface area contributed by atoms with E-state index in [1.54, 1.807) is 26.0 Å². The van der Waals surface area contributed by atoms with Gasteiger partial charge in [0.2, 0.25) is 11.8 Å². The minimum absolute atomic E-state index is 0.00799. The molecule has 5 N–H and O–H groups in total. The third-order valence-corrected chi connectivity index (χ3v) is 9.96. The van der Waals surface area contributed by atoms with Gasteiger partial charge in [-0.05, 0) is 69.7 Å². The summed E-state index contributed by atoms with van der Waals surface area (Å²) in [7, 11) is 0. The van der Waals surface area contributed by atoms with E-state index >= 15 is 0 Å². The van der Waals surface area contributed by atoms with Crippen LogP contribution >= 0.6 is 11.8 Å². The number of rotatable bonds is 10. The zero-order valence-corrected chi connectivity index (χ0v) is 25.9. The van der Waals surface area contributed by atoms with Crippen molar-refractivity contribution < 1.29 is 24.6 Å². The summed E-state index contributed by atoms with van der Waals surface area (Å²) in [6.45, 7) is 9.13. The Morgan fingerprint density at radius 3 is 2.36 bits per heavy atom. The summed E-state index contributed by atoms with van der Waals surface area (Å²) in [6, 6.07) is 13.9. The molecule has 44 heavy (non-hydrogen) atoms. The van der Waals surface area contributed by atoms with Crippen molar-refractivity contribution in [2.45, 2.75) is 62.5 Å². The van der Waals surface area contributed by atoms with Crippen molar-refractivity contribution >= 4 is 35.2 Å². The predicted molar refractivity (Wildman–Crippen MR) is 169 cm³/mol. The van der Waals surface area contributed by atoms with Crippen LogP contribution in [0.3, 0.4) is 0 Å². The zero-order valence-electron chi connectivity index (χ0n) is 25.1. The number of β-lactam (4-membered cyclic amide) rings is 1. The van der Waals surface area contributed by atoms with Crippen LogP contribution in [0.15, 0.2) is 65.5 Å². The summed E-state index contributed by atoms with van der Waals surface area (Å²) in [5.74, 6) is -2.21. The minimum atomic E-state index is -1.19. The van der Waals surface area contributed by atoms with E-state index in [1.165, 1.54) is 45.8 Å². The smallest absolute Gasteiger partial charge is 0.327 e. The maximum Gasteiger partial charge on any atom is 0.327 e. The Bertz CT molecular complexity index is 1640. The molecule has 232 valence electrons. The topological polar surface area (TPSA) is 160 Å². The van der Waals surface area contributed by atoms with Crippen molar-refractivity contribution in [3.63, 3.8) is 0 Å². The molecule has 1 unspecified atom stereocenters. The van der Waals surface area contributed by atoms with E-state index in [9.17, 15) is 29.4 Å². The first-order chi connectivity index (χ1) is 20.9. The van der Waals surface area contributed by atoms with Crippen LogP contribution in [0.1, 0.15) is 44.9 Å². The molecule has 4 atom stereocenters. The number of H-pyrrole nitrogens is 1. The van der Waals surface area contributed by atoms with Gasteiger partial charge in [0.1, 0.15) is 29.2 Å². The van der Waals surface area contributed by atoms with Crippen molar-refractivity contribution in [3.8, 4) is 17.0 Å². The fraction of sp³-hybridized carbons (Fsp3) is 0.375. The monoisotopic (exact) mass is 619 g/mol. The van der Waals surface area contributed by atoms with Crippen molar-refractivity contribution in [2.24, 2.45) is 5.73 Å². The van der Waals surface area contributed by atoms with E-state index < -0.39 is 51.6 Å². The number of hydrogen-bond acceptors (Lipinski definition) is 8. The van der Waals surface area contributed by atoms with E-state index in [0.717, 1.165) is 24.3 Å². The predicted octanol–water partition coefficient (Wildman–Crippen LogP) is 3.14. The summed E-state index contributed by atoms with van der Waals surface area (Å²) in [5, 5.41) is 19.0. The number of pyridine rings is 1. The molecule has 0 spiro atoms. The van der Waals surface area contributed by atoms with Gasteiger partial charge in [-0.25, -0.2) is 4.79 Å². The summed E-state index contributed by atoms with van der Waals surface area (Å²) >= 11 is 1.31. The summed E-state index contributed by atoms with van der Waals surface area (Å²) in [4.78, 5) is 60.7. The first kappa shape index (κ1) is 31.1. The van der Waals surface area contributed by atoms with Crippen LogP contribution in [0.25, 0.3) is 11.3 Å². The number of phenolic OH excluding ortho intramolecular Hbond substituents is 1. The average molecular weight is 620 g/mol. The van der Waals surface area contributed by atoms with E-state index in [2.05, 4.69) is 23.7 Å². The molecular weight excluding hydrogens is 582 g/mol. The Morgan fingerprint density at radius 2 is 1.75 bits per heavy atom. The number of carboxylic acid groups (broad SMARTS) is 1. The van der Waals surface area contributed by atoms with Crippen molar-refractivity contribution in [1.29, 1.82) is 0 Å². The highest BCUT2D eigenvalue weighted by atomic mass is 32.2. The Kier molecular flexibility index (Phi) is 8.50. The molecule has 2 saturated heterocycles. The third-order valence-electron chi connectivity index (χ3n) is 8.40. The number of aromatic hydroxyl groups is 1. The number of aromatic amines is 1. The maximum atomic E-state index is 14.0. The number of carboxylic acids is 1. The summed E-state index contributed by atoms with van der Waals surface area (Å²) in [5.41, 5.74) is 9.10. The van der Waals surface area contributed by atoms with Gasteiger partial charge >= 0.3 is 5.97 Å². The molecule has 0 saturated carbocycles. The van der Waals surface area contributed by atoms with Crippen molar-refractivity contribution in [2.75, 3.05) is 18.0 Å². The van der Waals surface area contributed by atoms with Gasteiger partial charge in [0.15, 0.2) is 0 Å². The Morgan fingerprint density at radius 1 is 1.07 bits per heavy atom. The van der Waals surface area contributed by atoms with Crippen LogP contribution < -0.4 is 16.2 Å². The number of aliphatic carboxylic acids is 1. The quantitative estimate of drug-likeness (QED) is 0.250. The lowest BCUT2D eigenvalue weighted by molar-refractivity contribution is -0.169.